The Hall–Kier alpha value is -2.24. The highest BCUT2D eigenvalue weighted by Gasteiger charge is 2.05. The third kappa shape index (κ3) is 5.96. The average molecular weight is 379 g/mol. The molecule has 0 spiro atoms. The van der Waals surface area contributed by atoms with Gasteiger partial charge in [0.25, 0.3) is 5.91 Å². The fourth-order valence-electron chi connectivity index (χ4n) is 2.21. The number of anilines is 2. The molecule has 1 amide bonds. The molecule has 0 fully saturated rings. The quantitative estimate of drug-likeness (QED) is 0.320. The second kappa shape index (κ2) is 9.91. The Morgan fingerprint density at radius 2 is 1.64 bits per heavy atom. The number of halogens is 2. The number of benzene rings is 2. The third-order valence-corrected chi connectivity index (χ3v) is 3.86. The standard InChI is InChI=1S/C18H20Cl2N4O/c19-9-11-24(12-10-20)17-7-1-14(2-8-17)13-22-23-18(25)15-3-5-16(21)6-4-15/h1-8,13H,9-12,21H2,(H,23,25). The molecule has 2 aromatic carbocycles. The molecule has 0 heterocycles. The van der Waals surface area contributed by atoms with Gasteiger partial charge in [0.15, 0.2) is 0 Å². The number of hydrazone groups is 1. The Balaban J connectivity index is 1.94. The van der Waals surface area contributed by atoms with Crippen molar-refractivity contribution in [2.45, 2.75) is 0 Å². The van der Waals surface area contributed by atoms with Gasteiger partial charge in [-0.2, -0.15) is 5.10 Å². The topological polar surface area (TPSA) is 70.7 Å². The summed E-state index contributed by atoms with van der Waals surface area (Å²) in [6.45, 7) is 1.47. The maximum absolute atomic E-state index is 11.9. The highest BCUT2D eigenvalue weighted by atomic mass is 35.5. The van der Waals surface area contributed by atoms with Gasteiger partial charge < -0.3 is 10.6 Å². The van der Waals surface area contributed by atoms with Crippen LogP contribution in [0.4, 0.5) is 11.4 Å². The van der Waals surface area contributed by atoms with Crippen molar-refractivity contribution in [2.75, 3.05) is 35.5 Å². The summed E-state index contributed by atoms with van der Waals surface area (Å²) in [6.07, 6.45) is 1.59. The molecule has 0 bridgehead atoms. The van der Waals surface area contributed by atoms with Crippen molar-refractivity contribution in [3.8, 4) is 0 Å². The number of nitrogens with zero attached hydrogens (tertiary/aromatic N) is 2. The lowest BCUT2D eigenvalue weighted by Gasteiger charge is -2.22. The molecule has 0 aromatic heterocycles. The van der Waals surface area contributed by atoms with Crippen LogP contribution in [-0.2, 0) is 0 Å². The molecule has 0 aliphatic carbocycles. The summed E-state index contributed by atoms with van der Waals surface area (Å²) in [5.41, 5.74) is 11.1. The van der Waals surface area contributed by atoms with Gasteiger partial charge in [-0.25, -0.2) is 5.43 Å². The molecule has 0 aliphatic rings. The van der Waals surface area contributed by atoms with E-state index in [0.29, 0.717) is 23.0 Å². The number of rotatable bonds is 8. The van der Waals surface area contributed by atoms with Gasteiger partial charge in [-0.05, 0) is 42.0 Å². The zero-order valence-electron chi connectivity index (χ0n) is 13.7. The highest BCUT2D eigenvalue weighted by Crippen LogP contribution is 2.15. The Morgan fingerprint density at radius 1 is 1.04 bits per heavy atom. The summed E-state index contributed by atoms with van der Waals surface area (Å²) in [5.74, 6) is 0.789. The Kier molecular flexibility index (Phi) is 7.57. The summed E-state index contributed by atoms with van der Waals surface area (Å²) in [7, 11) is 0. The third-order valence-electron chi connectivity index (χ3n) is 3.52. The first-order chi connectivity index (χ1) is 12.1. The zero-order valence-corrected chi connectivity index (χ0v) is 15.2. The van der Waals surface area contributed by atoms with Gasteiger partial charge in [-0.1, -0.05) is 12.1 Å². The number of hydrogen-bond acceptors (Lipinski definition) is 4. The molecule has 0 atom stereocenters. The van der Waals surface area contributed by atoms with E-state index in [9.17, 15) is 4.79 Å². The minimum Gasteiger partial charge on any atom is -0.399 e. The van der Waals surface area contributed by atoms with Crippen LogP contribution in [0.25, 0.3) is 0 Å². The van der Waals surface area contributed by atoms with E-state index >= 15 is 0 Å². The van der Waals surface area contributed by atoms with Gasteiger partial charge in [-0.15, -0.1) is 23.2 Å². The van der Waals surface area contributed by atoms with Crippen LogP contribution in [-0.4, -0.2) is 37.0 Å². The molecule has 3 N–H and O–H groups in total. The van der Waals surface area contributed by atoms with Crippen molar-refractivity contribution in [3.05, 3.63) is 59.7 Å². The molecule has 0 saturated carbocycles. The van der Waals surface area contributed by atoms with E-state index in [4.69, 9.17) is 28.9 Å². The predicted octanol–water partition coefficient (Wildman–Crippen LogP) is 3.32. The second-order valence-corrected chi connectivity index (χ2v) is 6.03. The first-order valence-electron chi connectivity index (χ1n) is 7.80. The van der Waals surface area contributed by atoms with Gasteiger partial charge >= 0.3 is 0 Å². The van der Waals surface area contributed by atoms with Crippen molar-refractivity contribution >= 4 is 46.7 Å². The SMILES string of the molecule is Nc1ccc(C(=O)NN=Cc2ccc(N(CCCl)CCCl)cc2)cc1. The lowest BCUT2D eigenvalue weighted by Crippen LogP contribution is -2.27. The summed E-state index contributed by atoms with van der Waals surface area (Å²) >= 11 is 11.6. The molecule has 7 heteroatoms. The monoisotopic (exact) mass is 378 g/mol. The number of amides is 1. The van der Waals surface area contributed by atoms with Crippen molar-refractivity contribution in [3.63, 3.8) is 0 Å². The summed E-state index contributed by atoms with van der Waals surface area (Å²) in [5, 5.41) is 3.98. The van der Waals surface area contributed by atoms with Crippen LogP contribution in [0.3, 0.4) is 0 Å². The van der Waals surface area contributed by atoms with Crippen LogP contribution in [0, 0.1) is 0 Å². The molecule has 0 aliphatic heterocycles. The minimum absolute atomic E-state index is 0.289. The number of nitrogen functional groups attached to an aromatic ring is 1. The molecule has 0 radical (unpaired) electrons. The summed E-state index contributed by atoms with van der Waals surface area (Å²) < 4.78 is 0. The van der Waals surface area contributed by atoms with Crippen LogP contribution in [0.15, 0.2) is 53.6 Å². The molecule has 2 rings (SSSR count). The fourth-order valence-corrected chi connectivity index (χ4v) is 2.62. The van der Waals surface area contributed by atoms with Gasteiger partial charge in [0.05, 0.1) is 6.21 Å². The molecule has 25 heavy (non-hydrogen) atoms. The lowest BCUT2D eigenvalue weighted by molar-refractivity contribution is 0.0955. The van der Waals surface area contributed by atoms with Crippen molar-refractivity contribution in [2.24, 2.45) is 5.10 Å². The number of carbonyl (C=O) groups excluding carboxylic acids is 1. The van der Waals surface area contributed by atoms with Gasteiger partial charge in [0, 0.05) is 41.8 Å². The molecule has 0 saturated heterocycles. The lowest BCUT2D eigenvalue weighted by atomic mass is 10.2. The van der Waals surface area contributed by atoms with Gasteiger partial charge in [0.1, 0.15) is 0 Å². The van der Waals surface area contributed by atoms with Gasteiger partial charge in [-0.3, -0.25) is 4.79 Å². The van der Waals surface area contributed by atoms with Crippen molar-refractivity contribution < 1.29 is 4.79 Å². The number of alkyl halides is 2. The fraction of sp³-hybridized carbons (Fsp3) is 0.222. The van der Waals surface area contributed by atoms with E-state index in [1.165, 1.54) is 0 Å². The van der Waals surface area contributed by atoms with E-state index in [-0.39, 0.29) is 5.91 Å². The second-order valence-electron chi connectivity index (χ2n) is 5.28. The van der Waals surface area contributed by atoms with E-state index in [2.05, 4.69) is 15.4 Å². The minimum atomic E-state index is -0.289. The Morgan fingerprint density at radius 3 is 2.20 bits per heavy atom. The van der Waals surface area contributed by atoms with Crippen LogP contribution in [0.1, 0.15) is 15.9 Å². The van der Waals surface area contributed by atoms with Gasteiger partial charge in [0.2, 0.25) is 0 Å². The molecular formula is C18H20Cl2N4O. The average Bonchev–Trinajstić information content (AvgIpc) is 2.62. The van der Waals surface area contributed by atoms with E-state index in [1.54, 1.807) is 30.5 Å². The summed E-state index contributed by atoms with van der Waals surface area (Å²) in [4.78, 5) is 14.1. The number of hydrogen-bond donors (Lipinski definition) is 2. The van der Waals surface area contributed by atoms with E-state index in [0.717, 1.165) is 24.3 Å². The first-order valence-corrected chi connectivity index (χ1v) is 8.87. The molecular weight excluding hydrogens is 359 g/mol. The number of nitrogens with one attached hydrogen (secondary N) is 1. The Bertz CT molecular complexity index is 696. The maximum Gasteiger partial charge on any atom is 0.271 e. The number of carbonyl (C=O) groups is 1. The van der Waals surface area contributed by atoms with Crippen LogP contribution >= 0.6 is 23.2 Å². The largest absolute Gasteiger partial charge is 0.399 e. The normalized spacial score (nSPS) is 10.8. The number of nitrogens with two attached hydrogens (primary N) is 1. The van der Waals surface area contributed by atoms with Crippen molar-refractivity contribution in [1.82, 2.24) is 5.43 Å². The smallest absolute Gasteiger partial charge is 0.271 e. The molecule has 5 nitrogen and oxygen atoms in total. The predicted molar refractivity (Wildman–Crippen MR) is 106 cm³/mol. The zero-order chi connectivity index (χ0) is 18.1. The van der Waals surface area contributed by atoms with E-state index < -0.39 is 0 Å². The van der Waals surface area contributed by atoms with E-state index in [1.807, 2.05) is 24.3 Å². The highest BCUT2D eigenvalue weighted by molar-refractivity contribution is 6.18. The molecule has 0 unspecified atom stereocenters. The van der Waals surface area contributed by atoms with Crippen LogP contribution in [0.5, 0.6) is 0 Å². The maximum atomic E-state index is 11.9. The first kappa shape index (κ1) is 19.1. The van der Waals surface area contributed by atoms with Crippen LogP contribution in [0.2, 0.25) is 0 Å². The summed E-state index contributed by atoms with van der Waals surface area (Å²) in [6, 6.07) is 14.4. The molecule has 2 aromatic rings. The van der Waals surface area contributed by atoms with Crippen LogP contribution < -0.4 is 16.1 Å². The molecule has 132 valence electrons. The van der Waals surface area contributed by atoms with Crippen molar-refractivity contribution in [1.29, 1.82) is 0 Å². The Labute approximate surface area is 157 Å².